The second-order valence-electron chi connectivity index (χ2n) is 3.81. The molecule has 1 aliphatic heterocycles. The lowest BCUT2D eigenvalue weighted by molar-refractivity contribution is -0.119. The molecule has 6 heteroatoms. The molecule has 0 spiro atoms. The molecule has 1 aliphatic rings. The minimum Gasteiger partial charge on any atom is -0.354 e. The molecule has 1 unspecified atom stereocenters. The summed E-state index contributed by atoms with van der Waals surface area (Å²) < 4.78 is 1.05. The van der Waals surface area contributed by atoms with Gasteiger partial charge in [-0.1, -0.05) is 6.07 Å². The fraction of sp³-hybridized carbons (Fsp3) is 0.273. The van der Waals surface area contributed by atoms with Gasteiger partial charge in [-0.2, -0.15) is 0 Å². The summed E-state index contributed by atoms with van der Waals surface area (Å²) in [6.45, 7) is 0.499. The number of carbonyl (C=O) groups excluding carboxylic acids is 2. The number of urea groups is 1. The van der Waals surface area contributed by atoms with Gasteiger partial charge < -0.3 is 16.0 Å². The van der Waals surface area contributed by atoms with Gasteiger partial charge in [0.15, 0.2) is 0 Å². The summed E-state index contributed by atoms with van der Waals surface area (Å²) in [5.74, 6) is -0.0236. The largest absolute Gasteiger partial charge is 0.354 e. The van der Waals surface area contributed by atoms with Crippen molar-refractivity contribution < 1.29 is 9.59 Å². The zero-order valence-electron chi connectivity index (χ0n) is 9.00. The standard InChI is InChI=1S/C11H12IN3O2/c12-7-2-1-3-8(4-7)14-11(17)15-9-5-10(16)13-6-9/h1-4,9H,5-6H2,(H,13,16)(H2,14,15,17). The van der Waals surface area contributed by atoms with Crippen molar-refractivity contribution in [1.82, 2.24) is 10.6 Å². The highest BCUT2D eigenvalue weighted by molar-refractivity contribution is 14.1. The lowest BCUT2D eigenvalue weighted by Gasteiger charge is -2.11. The van der Waals surface area contributed by atoms with E-state index in [0.717, 1.165) is 9.26 Å². The van der Waals surface area contributed by atoms with Crippen molar-refractivity contribution >= 4 is 40.2 Å². The van der Waals surface area contributed by atoms with E-state index in [0.29, 0.717) is 13.0 Å². The minimum atomic E-state index is -0.284. The Kier molecular flexibility index (Phi) is 3.82. The summed E-state index contributed by atoms with van der Waals surface area (Å²) >= 11 is 2.18. The zero-order chi connectivity index (χ0) is 12.3. The van der Waals surface area contributed by atoms with Crippen LogP contribution in [0.3, 0.4) is 0 Å². The predicted molar refractivity (Wildman–Crippen MR) is 72.7 cm³/mol. The maximum atomic E-state index is 11.6. The molecule has 1 atom stereocenters. The zero-order valence-corrected chi connectivity index (χ0v) is 11.2. The second kappa shape index (κ2) is 5.35. The monoisotopic (exact) mass is 345 g/mol. The van der Waals surface area contributed by atoms with Crippen LogP contribution in [-0.2, 0) is 4.79 Å². The average molecular weight is 345 g/mol. The summed E-state index contributed by atoms with van der Waals surface area (Å²) in [4.78, 5) is 22.6. The first-order chi connectivity index (χ1) is 8.13. The SMILES string of the molecule is O=C1CC(NC(=O)Nc2cccc(I)c2)CN1. The van der Waals surface area contributed by atoms with Crippen LogP contribution in [0.15, 0.2) is 24.3 Å². The summed E-state index contributed by atoms with van der Waals surface area (Å²) in [6, 6.07) is 7.11. The molecule has 3 amide bonds. The minimum absolute atomic E-state index is 0.0236. The number of amides is 3. The second-order valence-corrected chi connectivity index (χ2v) is 5.06. The van der Waals surface area contributed by atoms with Gasteiger partial charge in [-0.15, -0.1) is 0 Å². The van der Waals surface area contributed by atoms with Crippen LogP contribution < -0.4 is 16.0 Å². The summed E-state index contributed by atoms with van der Waals surface area (Å²) in [7, 11) is 0. The topological polar surface area (TPSA) is 70.2 Å². The van der Waals surface area contributed by atoms with E-state index < -0.39 is 0 Å². The highest BCUT2D eigenvalue weighted by atomic mass is 127. The number of anilines is 1. The van der Waals surface area contributed by atoms with E-state index in [4.69, 9.17) is 0 Å². The Morgan fingerprint density at radius 1 is 1.47 bits per heavy atom. The molecule has 1 heterocycles. The molecular weight excluding hydrogens is 333 g/mol. The number of halogens is 1. The Balaban J connectivity index is 1.87. The van der Waals surface area contributed by atoms with Gasteiger partial charge >= 0.3 is 6.03 Å². The Bertz CT molecular complexity index is 450. The Morgan fingerprint density at radius 2 is 2.29 bits per heavy atom. The Morgan fingerprint density at radius 3 is 2.94 bits per heavy atom. The highest BCUT2D eigenvalue weighted by Crippen LogP contribution is 2.12. The average Bonchev–Trinajstić information content (AvgIpc) is 2.63. The molecule has 0 radical (unpaired) electrons. The van der Waals surface area contributed by atoms with Crippen LogP contribution >= 0.6 is 22.6 Å². The van der Waals surface area contributed by atoms with Crippen molar-refractivity contribution in [1.29, 1.82) is 0 Å². The van der Waals surface area contributed by atoms with Crippen molar-refractivity contribution in [3.05, 3.63) is 27.8 Å². The third kappa shape index (κ3) is 3.58. The Hall–Kier alpha value is -1.31. The van der Waals surface area contributed by atoms with Crippen LogP contribution in [0.25, 0.3) is 0 Å². The van der Waals surface area contributed by atoms with E-state index in [-0.39, 0.29) is 18.0 Å². The third-order valence-corrected chi connectivity index (χ3v) is 3.07. The molecular formula is C11H12IN3O2. The highest BCUT2D eigenvalue weighted by Gasteiger charge is 2.22. The first-order valence-corrected chi connectivity index (χ1v) is 6.31. The van der Waals surface area contributed by atoms with Crippen LogP contribution in [0, 0.1) is 3.57 Å². The molecule has 0 aliphatic carbocycles. The van der Waals surface area contributed by atoms with E-state index in [1.807, 2.05) is 24.3 Å². The van der Waals surface area contributed by atoms with Crippen molar-refractivity contribution in [2.45, 2.75) is 12.5 Å². The number of carbonyl (C=O) groups is 2. The number of benzene rings is 1. The number of hydrogen-bond acceptors (Lipinski definition) is 2. The fourth-order valence-corrected chi connectivity index (χ4v) is 2.17. The first kappa shape index (κ1) is 12.2. The van der Waals surface area contributed by atoms with Crippen LogP contribution in [-0.4, -0.2) is 24.5 Å². The molecule has 0 aromatic heterocycles. The van der Waals surface area contributed by atoms with Crippen LogP contribution in [0.2, 0.25) is 0 Å². The first-order valence-electron chi connectivity index (χ1n) is 5.23. The smallest absolute Gasteiger partial charge is 0.319 e. The normalized spacial score (nSPS) is 18.6. The van der Waals surface area contributed by atoms with Gasteiger partial charge in [0.05, 0.1) is 6.04 Å². The lowest BCUT2D eigenvalue weighted by Crippen LogP contribution is -2.39. The van der Waals surface area contributed by atoms with Gasteiger partial charge in [0, 0.05) is 22.2 Å². The maximum absolute atomic E-state index is 11.6. The summed E-state index contributed by atoms with van der Waals surface area (Å²) in [6.07, 6.45) is 0.347. The molecule has 90 valence electrons. The van der Waals surface area contributed by atoms with E-state index in [9.17, 15) is 9.59 Å². The number of hydrogen-bond donors (Lipinski definition) is 3. The molecule has 0 saturated carbocycles. The van der Waals surface area contributed by atoms with E-state index in [1.54, 1.807) is 0 Å². The molecule has 1 fully saturated rings. The fourth-order valence-electron chi connectivity index (χ4n) is 1.63. The molecule has 1 aromatic rings. The van der Waals surface area contributed by atoms with Crippen LogP contribution in [0.1, 0.15) is 6.42 Å². The van der Waals surface area contributed by atoms with Gasteiger partial charge in [-0.05, 0) is 40.8 Å². The number of nitrogens with one attached hydrogen (secondary N) is 3. The van der Waals surface area contributed by atoms with Gasteiger partial charge in [-0.25, -0.2) is 4.79 Å². The number of rotatable bonds is 2. The van der Waals surface area contributed by atoms with Crippen molar-refractivity contribution in [3.8, 4) is 0 Å². The molecule has 0 bridgehead atoms. The predicted octanol–water partition coefficient (Wildman–Crippen LogP) is 1.30. The van der Waals surface area contributed by atoms with Crippen LogP contribution in [0.5, 0.6) is 0 Å². The Labute approximate surface area is 112 Å². The molecule has 1 aromatic carbocycles. The lowest BCUT2D eigenvalue weighted by atomic mass is 10.2. The molecule has 5 nitrogen and oxygen atoms in total. The molecule has 3 N–H and O–H groups in total. The van der Waals surface area contributed by atoms with E-state index in [2.05, 4.69) is 38.5 Å². The molecule has 1 saturated heterocycles. The quantitative estimate of drug-likeness (QED) is 0.708. The maximum Gasteiger partial charge on any atom is 0.319 e. The van der Waals surface area contributed by atoms with E-state index >= 15 is 0 Å². The van der Waals surface area contributed by atoms with Crippen molar-refractivity contribution in [3.63, 3.8) is 0 Å². The van der Waals surface area contributed by atoms with Gasteiger partial charge in [-0.3, -0.25) is 4.79 Å². The summed E-state index contributed by atoms with van der Waals surface area (Å²) in [5, 5.41) is 8.14. The van der Waals surface area contributed by atoms with Crippen molar-refractivity contribution in [2.24, 2.45) is 0 Å². The molecule has 17 heavy (non-hydrogen) atoms. The van der Waals surface area contributed by atoms with Gasteiger partial charge in [0.1, 0.15) is 0 Å². The third-order valence-electron chi connectivity index (χ3n) is 2.40. The van der Waals surface area contributed by atoms with Gasteiger partial charge in [0.25, 0.3) is 0 Å². The molecule has 2 rings (SSSR count). The van der Waals surface area contributed by atoms with E-state index in [1.165, 1.54) is 0 Å². The van der Waals surface area contributed by atoms with Crippen molar-refractivity contribution in [2.75, 3.05) is 11.9 Å². The van der Waals surface area contributed by atoms with Gasteiger partial charge in [0.2, 0.25) is 5.91 Å². The van der Waals surface area contributed by atoms with Crippen LogP contribution in [0.4, 0.5) is 10.5 Å². The summed E-state index contributed by atoms with van der Waals surface area (Å²) in [5.41, 5.74) is 0.742.